The number of ether oxygens (including phenoxy) is 4. The molecule has 0 aliphatic carbocycles. The topological polar surface area (TPSA) is 94.7 Å². The summed E-state index contributed by atoms with van der Waals surface area (Å²) in [6.45, 7) is 1.02. The van der Waals surface area contributed by atoms with E-state index in [1.165, 1.54) is 6.20 Å². The minimum absolute atomic E-state index is 0.300. The van der Waals surface area contributed by atoms with Gasteiger partial charge in [0.2, 0.25) is 0 Å². The molecule has 2 N–H and O–H groups in total. The van der Waals surface area contributed by atoms with E-state index in [4.69, 9.17) is 18.9 Å². The molecule has 4 rings (SSSR count). The van der Waals surface area contributed by atoms with Crippen LogP contribution in [0.25, 0.3) is 11.3 Å². The Morgan fingerprint density at radius 2 is 1.82 bits per heavy atom. The molecule has 0 spiro atoms. The largest absolute Gasteiger partial charge is 0.493 e. The Hall–Kier alpha value is -3.68. The third kappa shape index (κ3) is 3.32. The molecule has 0 radical (unpaired) electrons. The Morgan fingerprint density at radius 1 is 1.04 bits per heavy atom. The summed E-state index contributed by atoms with van der Waals surface area (Å²) in [5.74, 6) is 2.14. The minimum Gasteiger partial charge on any atom is -0.493 e. The molecule has 0 unspecified atom stereocenters. The highest BCUT2D eigenvalue weighted by atomic mass is 16.6. The van der Waals surface area contributed by atoms with E-state index in [-0.39, 0.29) is 5.91 Å². The van der Waals surface area contributed by atoms with Crippen molar-refractivity contribution in [1.29, 1.82) is 0 Å². The standard InChI is InChI=1S/C20H19N3O5/c1-25-15-6-4-13(10-17(15)26-2)22-20(24)14-11-21-23-19(14)12-3-5-16-18(9-12)28-8-7-27-16/h3-6,9-11H,7-8H2,1-2H3,(H,21,23)(H,22,24). The number of amides is 1. The summed E-state index contributed by atoms with van der Waals surface area (Å²) in [6, 6.07) is 10.7. The second-order valence-electron chi connectivity index (χ2n) is 6.04. The Balaban J connectivity index is 1.60. The number of fused-ring (bicyclic) bond motifs is 1. The second-order valence-corrected chi connectivity index (χ2v) is 6.04. The lowest BCUT2D eigenvalue weighted by Gasteiger charge is -2.18. The summed E-state index contributed by atoms with van der Waals surface area (Å²) in [5.41, 5.74) is 2.36. The third-order valence-electron chi connectivity index (χ3n) is 4.36. The maximum atomic E-state index is 12.8. The fourth-order valence-electron chi connectivity index (χ4n) is 2.99. The average molecular weight is 381 g/mol. The van der Waals surface area contributed by atoms with Crippen molar-refractivity contribution >= 4 is 11.6 Å². The number of carbonyl (C=O) groups excluding carboxylic acids is 1. The van der Waals surface area contributed by atoms with Crippen molar-refractivity contribution in [2.24, 2.45) is 0 Å². The van der Waals surface area contributed by atoms with E-state index in [0.29, 0.717) is 53.2 Å². The zero-order chi connectivity index (χ0) is 19.5. The fourth-order valence-corrected chi connectivity index (χ4v) is 2.99. The molecule has 8 heteroatoms. The van der Waals surface area contributed by atoms with Gasteiger partial charge in [0.25, 0.3) is 5.91 Å². The maximum absolute atomic E-state index is 12.8. The molecule has 3 aromatic rings. The normalized spacial score (nSPS) is 12.4. The predicted octanol–water partition coefficient (Wildman–Crippen LogP) is 3.12. The van der Waals surface area contributed by atoms with Gasteiger partial charge in [-0.2, -0.15) is 5.10 Å². The van der Waals surface area contributed by atoms with Gasteiger partial charge in [0.15, 0.2) is 23.0 Å². The van der Waals surface area contributed by atoms with Crippen LogP contribution in [0.3, 0.4) is 0 Å². The van der Waals surface area contributed by atoms with Crippen LogP contribution in [0.15, 0.2) is 42.6 Å². The van der Waals surface area contributed by atoms with Gasteiger partial charge < -0.3 is 24.3 Å². The molecule has 1 amide bonds. The van der Waals surface area contributed by atoms with Crippen LogP contribution in [-0.2, 0) is 0 Å². The molecule has 28 heavy (non-hydrogen) atoms. The lowest BCUT2D eigenvalue weighted by Crippen LogP contribution is -2.15. The number of methoxy groups -OCH3 is 2. The highest BCUT2D eigenvalue weighted by Gasteiger charge is 2.19. The number of aromatic nitrogens is 2. The Kier molecular flexibility index (Phi) is 4.76. The van der Waals surface area contributed by atoms with Gasteiger partial charge >= 0.3 is 0 Å². The van der Waals surface area contributed by atoms with Crippen molar-refractivity contribution in [1.82, 2.24) is 10.2 Å². The number of H-pyrrole nitrogens is 1. The molecule has 0 bridgehead atoms. The minimum atomic E-state index is -0.300. The first-order valence-corrected chi connectivity index (χ1v) is 8.66. The van der Waals surface area contributed by atoms with Gasteiger partial charge in [-0.15, -0.1) is 0 Å². The summed E-state index contributed by atoms with van der Waals surface area (Å²) in [5, 5.41) is 9.77. The van der Waals surface area contributed by atoms with E-state index in [1.54, 1.807) is 32.4 Å². The van der Waals surface area contributed by atoms with E-state index in [0.717, 1.165) is 5.56 Å². The van der Waals surface area contributed by atoms with Gasteiger partial charge in [-0.1, -0.05) is 0 Å². The fraction of sp³-hybridized carbons (Fsp3) is 0.200. The molecule has 0 saturated carbocycles. The summed E-state index contributed by atoms with van der Waals surface area (Å²) in [6.07, 6.45) is 1.49. The predicted molar refractivity (Wildman–Crippen MR) is 103 cm³/mol. The number of benzene rings is 2. The molecule has 1 aromatic heterocycles. The Morgan fingerprint density at radius 3 is 2.61 bits per heavy atom. The molecular formula is C20H19N3O5. The van der Waals surface area contributed by atoms with Crippen LogP contribution in [-0.4, -0.2) is 43.5 Å². The van der Waals surface area contributed by atoms with Crippen molar-refractivity contribution in [2.45, 2.75) is 0 Å². The van der Waals surface area contributed by atoms with E-state index in [2.05, 4.69) is 15.5 Å². The smallest absolute Gasteiger partial charge is 0.259 e. The van der Waals surface area contributed by atoms with Crippen LogP contribution in [0.4, 0.5) is 5.69 Å². The van der Waals surface area contributed by atoms with Gasteiger partial charge in [0.05, 0.1) is 31.7 Å². The molecule has 0 fully saturated rings. The third-order valence-corrected chi connectivity index (χ3v) is 4.36. The molecular weight excluding hydrogens is 362 g/mol. The highest BCUT2D eigenvalue weighted by Crippen LogP contribution is 2.35. The molecule has 0 saturated heterocycles. The average Bonchev–Trinajstić information content (AvgIpc) is 3.23. The summed E-state index contributed by atoms with van der Waals surface area (Å²) < 4.78 is 21.7. The number of hydrogen-bond acceptors (Lipinski definition) is 6. The molecule has 0 atom stereocenters. The molecule has 8 nitrogen and oxygen atoms in total. The summed E-state index contributed by atoms with van der Waals surface area (Å²) in [7, 11) is 3.10. The van der Waals surface area contributed by atoms with E-state index < -0.39 is 0 Å². The van der Waals surface area contributed by atoms with Crippen molar-refractivity contribution in [3.63, 3.8) is 0 Å². The number of rotatable bonds is 5. The van der Waals surface area contributed by atoms with Gasteiger partial charge in [0.1, 0.15) is 13.2 Å². The zero-order valence-electron chi connectivity index (χ0n) is 15.4. The SMILES string of the molecule is COc1ccc(NC(=O)c2cn[nH]c2-c2ccc3c(c2)OCCO3)cc1OC. The van der Waals surface area contributed by atoms with Crippen molar-refractivity contribution in [2.75, 3.05) is 32.8 Å². The number of hydrogen-bond donors (Lipinski definition) is 2. The molecule has 144 valence electrons. The first-order chi connectivity index (χ1) is 13.7. The van der Waals surface area contributed by atoms with Crippen LogP contribution in [0.1, 0.15) is 10.4 Å². The van der Waals surface area contributed by atoms with Gasteiger partial charge in [-0.05, 0) is 30.3 Å². The van der Waals surface area contributed by atoms with Crippen molar-refractivity contribution in [3.05, 3.63) is 48.2 Å². The van der Waals surface area contributed by atoms with Gasteiger partial charge in [-0.3, -0.25) is 9.89 Å². The molecule has 2 heterocycles. The summed E-state index contributed by atoms with van der Waals surface area (Å²) in [4.78, 5) is 12.8. The monoisotopic (exact) mass is 381 g/mol. The van der Waals surface area contributed by atoms with Crippen molar-refractivity contribution < 1.29 is 23.7 Å². The number of aromatic amines is 1. The lowest BCUT2D eigenvalue weighted by molar-refractivity contribution is 0.102. The second kappa shape index (κ2) is 7.51. The van der Waals surface area contributed by atoms with E-state index in [9.17, 15) is 4.79 Å². The van der Waals surface area contributed by atoms with Crippen molar-refractivity contribution in [3.8, 4) is 34.3 Å². The van der Waals surface area contributed by atoms with Crippen LogP contribution in [0, 0.1) is 0 Å². The lowest BCUT2D eigenvalue weighted by atomic mass is 10.1. The number of nitrogens with one attached hydrogen (secondary N) is 2. The zero-order valence-corrected chi connectivity index (χ0v) is 15.4. The Bertz CT molecular complexity index is 1010. The number of anilines is 1. The first-order valence-electron chi connectivity index (χ1n) is 8.66. The first kappa shape index (κ1) is 17.7. The van der Waals surface area contributed by atoms with Crippen LogP contribution in [0.5, 0.6) is 23.0 Å². The van der Waals surface area contributed by atoms with Gasteiger partial charge in [0, 0.05) is 17.3 Å². The molecule has 2 aromatic carbocycles. The van der Waals surface area contributed by atoms with E-state index in [1.807, 2.05) is 18.2 Å². The van der Waals surface area contributed by atoms with Crippen LogP contribution < -0.4 is 24.3 Å². The summed E-state index contributed by atoms with van der Waals surface area (Å²) >= 11 is 0. The van der Waals surface area contributed by atoms with Gasteiger partial charge in [-0.25, -0.2) is 0 Å². The maximum Gasteiger partial charge on any atom is 0.259 e. The van der Waals surface area contributed by atoms with E-state index >= 15 is 0 Å². The molecule has 1 aliphatic rings. The van der Waals surface area contributed by atoms with Crippen LogP contribution in [0.2, 0.25) is 0 Å². The molecule has 1 aliphatic heterocycles. The quantitative estimate of drug-likeness (QED) is 0.705. The number of carbonyl (C=O) groups is 1. The number of nitrogens with zero attached hydrogens (tertiary/aromatic N) is 1. The Labute approximate surface area is 161 Å². The highest BCUT2D eigenvalue weighted by molar-refractivity contribution is 6.08. The van der Waals surface area contributed by atoms with Crippen LogP contribution >= 0.6 is 0 Å².